The van der Waals surface area contributed by atoms with E-state index in [-0.39, 0.29) is 18.0 Å². The van der Waals surface area contributed by atoms with Crippen LogP contribution in [-0.2, 0) is 11.2 Å². The van der Waals surface area contributed by atoms with Gasteiger partial charge in [0.2, 0.25) is 5.91 Å². The maximum atomic E-state index is 11.9. The van der Waals surface area contributed by atoms with Crippen LogP contribution < -0.4 is 10.2 Å². The van der Waals surface area contributed by atoms with E-state index in [1.54, 1.807) is 18.0 Å². The SMILES string of the molecule is C=CCN1N=C(c2ccc3c(c2)CCC(=O)N3C)C(C)NC1=O. The number of nitrogens with zero attached hydrogens (tertiary/aromatic N) is 3. The van der Waals surface area contributed by atoms with E-state index in [1.807, 2.05) is 19.1 Å². The van der Waals surface area contributed by atoms with Crippen molar-refractivity contribution in [3.05, 3.63) is 42.0 Å². The second-order valence-electron chi connectivity index (χ2n) is 5.82. The van der Waals surface area contributed by atoms with Crippen molar-refractivity contribution in [1.29, 1.82) is 0 Å². The molecule has 2 heterocycles. The maximum Gasteiger partial charge on any atom is 0.338 e. The normalized spacial score (nSPS) is 20.8. The minimum Gasteiger partial charge on any atom is -0.328 e. The molecule has 2 aliphatic heterocycles. The quantitative estimate of drug-likeness (QED) is 0.866. The van der Waals surface area contributed by atoms with Crippen LogP contribution in [0.1, 0.15) is 24.5 Å². The fraction of sp³-hybridized carbons (Fsp3) is 0.353. The van der Waals surface area contributed by atoms with Crippen LogP contribution >= 0.6 is 0 Å². The minimum atomic E-state index is -0.218. The second-order valence-corrected chi connectivity index (χ2v) is 5.82. The van der Waals surface area contributed by atoms with Crippen LogP contribution in [0.5, 0.6) is 0 Å². The molecular weight excluding hydrogens is 292 g/mol. The topological polar surface area (TPSA) is 65.0 Å². The summed E-state index contributed by atoms with van der Waals surface area (Å²) in [5.74, 6) is 0.137. The number of hydrazone groups is 1. The molecule has 0 aliphatic carbocycles. The highest BCUT2D eigenvalue weighted by Gasteiger charge is 2.27. The zero-order valence-corrected chi connectivity index (χ0v) is 13.4. The van der Waals surface area contributed by atoms with Crippen molar-refractivity contribution in [2.45, 2.75) is 25.8 Å². The summed E-state index contributed by atoms with van der Waals surface area (Å²) in [6.45, 7) is 5.93. The van der Waals surface area contributed by atoms with E-state index in [0.717, 1.165) is 28.9 Å². The Kier molecular flexibility index (Phi) is 3.90. The number of rotatable bonds is 3. The molecule has 6 nitrogen and oxygen atoms in total. The number of amides is 3. The van der Waals surface area contributed by atoms with Crippen molar-refractivity contribution in [1.82, 2.24) is 10.3 Å². The zero-order chi connectivity index (χ0) is 16.6. The van der Waals surface area contributed by atoms with Gasteiger partial charge < -0.3 is 10.2 Å². The highest BCUT2D eigenvalue weighted by Crippen LogP contribution is 2.28. The molecule has 3 rings (SSSR count). The lowest BCUT2D eigenvalue weighted by atomic mass is 9.95. The number of hydrogen-bond acceptors (Lipinski definition) is 3. The first-order chi connectivity index (χ1) is 11.0. The van der Waals surface area contributed by atoms with Gasteiger partial charge in [0.1, 0.15) is 0 Å². The van der Waals surface area contributed by atoms with Crippen molar-refractivity contribution < 1.29 is 9.59 Å². The lowest BCUT2D eigenvalue weighted by molar-refractivity contribution is -0.118. The number of benzene rings is 1. The van der Waals surface area contributed by atoms with Gasteiger partial charge in [-0.25, -0.2) is 9.80 Å². The van der Waals surface area contributed by atoms with Crippen LogP contribution in [0.2, 0.25) is 0 Å². The number of carbonyl (C=O) groups excluding carboxylic acids is 2. The molecule has 0 radical (unpaired) electrons. The van der Waals surface area contributed by atoms with Crippen LogP contribution in [0.15, 0.2) is 36.0 Å². The molecule has 1 unspecified atom stereocenters. The smallest absolute Gasteiger partial charge is 0.328 e. The monoisotopic (exact) mass is 312 g/mol. The van der Waals surface area contributed by atoms with Gasteiger partial charge >= 0.3 is 6.03 Å². The van der Waals surface area contributed by atoms with Gasteiger partial charge in [-0.05, 0) is 31.0 Å². The first-order valence-corrected chi connectivity index (χ1v) is 7.68. The molecule has 1 atom stereocenters. The molecule has 1 N–H and O–H groups in total. The first-order valence-electron chi connectivity index (χ1n) is 7.68. The molecule has 0 saturated heterocycles. The Bertz CT molecular complexity index is 711. The Morgan fingerprint density at radius 1 is 1.39 bits per heavy atom. The van der Waals surface area contributed by atoms with Gasteiger partial charge in [0.15, 0.2) is 0 Å². The van der Waals surface area contributed by atoms with E-state index in [0.29, 0.717) is 13.0 Å². The third-order valence-electron chi connectivity index (χ3n) is 4.23. The lowest BCUT2D eigenvalue weighted by Gasteiger charge is -2.30. The lowest BCUT2D eigenvalue weighted by Crippen LogP contribution is -2.50. The first kappa shape index (κ1) is 15.3. The molecule has 0 aromatic heterocycles. The molecule has 0 fully saturated rings. The Balaban J connectivity index is 1.98. The predicted molar refractivity (Wildman–Crippen MR) is 89.6 cm³/mol. The summed E-state index contributed by atoms with van der Waals surface area (Å²) in [6, 6.07) is 5.59. The summed E-state index contributed by atoms with van der Waals surface area (Å²) >= 11 is 0. The summed E-state index contributed by atoms with van der Waals surface area (Å²) in [5.41, 5.74) is 3.86. The van der Waals surface area contributed by atoms with Gasteiger partial charge in [0.05, 0.1) is 18.3 Å². The largest absolute Gasteiger partial charge is 0.338 e. The number of hydrogen-bond donors (Lipinski definition) is 1. The van der Waals surface area contributed by atoms with E-state index in [9.17, 15) is 9.59 Å². The Labute approximate surface area is 135 Å². The van der Waals surface area contributed by atoms with Crippen LogP contribution in [0.4, 0.5) is 10.5 Å². The number of nitrogens with one attached hydrogen (secondary N) is 1. The Morgan fingerprint density at radius 2 is 2.17 bits per heavy atom. The molecule has 0 spiro atoms. The summed E-state index contributed by atoms with van der Waals surface area (Å²) < 4.78 is 0. The number of urea groups is 1. The third-order valence-corrected chi connectivity index (χ3v) is 4.23. The van der Waals surface area contributed by atoms with E-state index in [4.69, 9.17) is 0 Å². The third kappa shape index (κ3) is 2.72. The number of carbonyl (C=O) groups is 2. The minimum absolute atomic E-state index is 0.137. The number of anilines is 1. The van der Waals surface area contributed by atoms with Crippen LogP contribution in [0.25, 0.3) is 0 Å². The van der Waals surface area contributed by atoms with Gasteiger partial charge in [0.25, 0.3) is 0 Å². The van der Waals surface area contributed by atoms with Gasteiger partial charge in [-0.2, -0.15) is 5.10 Å². The highest BCUT2D eigenvalue weighted by molar-refractivity contribution is 6.08. The van der Waals surface area contributed by atoms with Crippen molar-refractivity contribution in [3.8, 4) is 0 Å². The van der Waals surface area contributed by atoms with Crippen molar-refractivity contribution in [3.63, 3.8) is 0 Å². The molecular formula is C17H20N4O2. The molecule has 6 heteroatoms. The van der Waals surface area contributed by atoms with Crippen molar-refractivity contribution in [2.24, 2.45) is 5.10 Å². The summed E-state index contributed by atoms with van der Waals surface area (Å²) in [5, 5.41) is 8.75. The molecule has 1 aromatic carbocycles. The number of fused-ring (bicyclic) bond motifs is 1. The predicted octanol–water partition coefficient (Wildman–Crippen LogP) is 1.90. The fourth-order valence-electron chi connectivity index (χ4n) is 2.96. The maximum absolute atomic E-state index is 11.9. The average molecular weight is 312 g/mol. The standard InChI is InChI=1S/C17H20N4O2/c1-4-9-21-17(23)18-11(2)16(19-21)13-5-7-14-12(10-13)6-8-15(22)20(14)3/h4-5,7,10-11H,1,6,8-9H2,2-3H3,(H,18,23). The molecule has 0 bridgehead atoms. The average Bonchev–Trinajstić information content (AvgIpc) is 2.53. The molecule has 120 valence electrons. The summed E-state index contributed by atoms with van der Waals surface area (Å²) in [6.07, 6.45) is 2.90. The summed E-state index contributed by atoms with van der Waals surface area (Å²) in [7, 11) is 1.80. The van der Waals surface area contributed by atoms with Crippen molar-refractivity contribution >= 4 is 23.3 Å². The molecule has 1 aromatic rings. The molecule has 0 saturated carbocycles. The van der Waals surface area contributed by atoms with E-state index in [1.165, 1.54) is 5.01 Å². The molecule has 23 heavy (non-hydrogen) atoms. The van der Waals surface area contributed by atoms with E-state index in [2.05, 4.69) is 23.1 Å². The van der Waals surface area contributed by atoms with E-state index >= 15 is 0 Å². The Hall–Kier alpha value is -2.63. The van der Waals surface area contributed by atoms with Crippen LogP contribution in [0.3, 0.4) is 0 Å². The second kappa shape index (κ2) is 5.87. The van der Waals surface area contributed by atoms with Gasteiger partial charge in [0, 0.05) is 24.7 Å². The van der Waals surface area contributed by atoms with Gasteiger partial charge in [-0.15, -0.1) is 6.58 Å². The van der Waals surface area contributed by atoms with Crippen LogP contribution in [-0.4, -0.2) is 42.3 Å². The van der Waals surface area contributed by atoms with Gasteiger partial charge in [-0.1, -0.05) is 12.1 Å². The summed E-state index contributed by atoms with van der Waals surface area (Å²) in [4.78, 5) is 25.4. The number of aryl methyl sites for hydroxylation is 1. The highest BCUT2D eigenvalue weighted by atomic mass is 16.2. The molecule has 2 aliphatic rings. The van der Waals surface area contributed by atoms with Gasteiger partial charge in [-0.3, -0.25) is 4.79 Å². The zero-order valence-electron chi connectivity index (χ0n) is 13.4. The van der Waals surface area contributed by atoms with E-state index < -0.39 is 0 Å². The van der Waals surface area contributed by atoms with Crippen LogP contribution in [0, 0.1) is 0 Å². The molecule has 3 amide bonds. The Morgan fingerprint density at radius 3 is 2.91 bits per heavy atom. The fourth-order valence-corrected chi connectivity index (χ4v) is 2.96. The van der Waals surface area contributed by atoms with Crippen molar-refractivity contribution in [2.75, 3.05) is 18.5 Å².